The Hall–Kier alpha value is -2.08. The number of anilines is 1. The zero-order valence-electron chi connectivity index (χ0n) is 10.8. The third-order valence-electron chi connectivity index (χ3n) is 2.66. The van der Waals surface area contributed by atoms with Crippen LogP contribution in [-0.4, -0.2) is 28.2 Å². The van der Waals surface area contributed by atoms with Crippen molar-refractivity contribution in [1.29, 1.82) is 0 Å². The van der Waals surface area contributed by atoms with Crippen molar-refractivity contribution in [2.75, 3.05) is 19.0 Å². The molecule has 0 radical (unpaired) electrons. The van der Waals surface area contributed by atoms with Crippen LogP contribution in [-0.2, 0) is 7.05 Å². The predicted molar refractivity (Wildman–Crippen MR) is 74.4 cm³/mol. The molecule has 0 bridgehead atoms. The van der Waals surface area contributed by atoms with Crippen LogP contribution in [0.15, 0.2) is 33.9 Å². The first-order valence-electron chi connectivity index (χ1n) is 5.56. The van der Waals surface area contributed by atoms with E-state index in [0.717, 1.165) is 4.57 Å². The second-order valence-corrected chi connectivity index (χ2v) is 4.62. The van der Waals surface area contributed by atoms with Crippen LogP contribution in [0.4, 0.5) is 5.95 Å². The molecule has 1 aromatic heterocycles. The quantitative estimate of drug-likeness (QED) is 0.810. The molecule has 0 saturated heterocycles. The molecule has 2 rings (SSSR count). The van der Waals surface area contributed by atoms with Gasteiger partial charge in [-0.3, -0.25) is 4.57 Å². The Bertz CT molecular complexity index is 733. The number of para-hydroxylation sites is 1. The van der Waals surface area contributed by atoms with E-state index in [1.54, 1.807) is 50.3 Å². The Kier molecular flexibility index (Phi) is 3.44. The minimum atomic E-state index is -0.653. The maximum Gasteiger partial charge on any atom is 0.359 e. The van der Waals surface area contributed by atoms with E-state index in [0.29, 0.717) is 16.7 Å². The van der Waals surface area contributed by atoms with Gasteiger partial charge >= 0.3 is 11.4 Å². The van der Waals surface area contributed by atoms with Crippen molar-refractivity contribution in [3.63, 3.8) is 0 Å². The first-order valence-corrected chi connectivity index (χ1v) is 5.93. The van der Waals surface area contributed by atoms with E-state index in [2.05, 4.69) is 4.98 Å². The molecule has 1 heterocycles. The van der Waals surface area contributed by atoms with E-state index in [1.807, 2.05) is 0 Å². The number of hydrogen-bond acceptors (Lipinski definition) is 4. The number of rotatable bonds is 2. The van der Waals surface area contributed by atoms with Crippen molar-refractivity contribution in [3.05, 3.63) is 50.3 Å². The normalized spacial score (nSPS) is 10.5. The topological polar surface area (TPSA) is 60.1 Å². The Labute approximate surface area is 114 Å². The van der Waals surface area contributed by atoms with E-state index < -0.39 is 11.4 Å². The summed E-state index contributed by atoms with van der Waals surface area (Å²) in [6.45, 7) is 0. The highest BCUT2D eigenvalue weighted by atomic mass is 35.5. The fourth-order valence-electron chi connectivity index (χ4n) is 1.77. The molecule has 6 nitrogen and oxygen atoms in total. The summed E-state index contributed by atoms with van der Waals surface area (Å²) in [6, 6.07) is 6.64. The summed E-state index contributed by atoms with van der Waals surface area (Å²) >= 11 is 6.01. The molecule has 100 valence electrons. The molecule has 0 spiro atoms. The molecule has 0 aliphatic rings. The van der Waals surface area contributed by atoms with Crippen molar-refractivity contribution >= 4 is 17.5 Å². The SMILES string of the molecule is CN(C)c1nc(=O)n(-c2ccccc2Cl)c(=O)n1C. The number of hydrogen-bond donors (Lipinski definition) is 0. The molecule has 0 unspecified atom stereocenters. The second-order valence-electron chi connectivity index (χ2n) is 4.22. The van der Waals surface area contributed by atoms with Gasteiger partial charge in [0, 0.05) is 21.1 Å². The molecule has 0 saturated carbocycles. The fourth-order valence-corrected chi connectivity index (χ4v) is 1.99. The highest BCUT2D eigenvalue weighted by Gasteiger charge is 2.14. The number of nitrogens with zero attached hydrogens (tertiary/aromatic N) is 4. The van der Waals surface area contributed by atoms with E-state index >= 15 is 0 Å². The Morgan fingerprint density at radius 1 is 1.21 bits per heavy atom. The summed E-state index contributed by atoms with van der Waals surface area (Å²) in [6.07, 6.45) is 0. The summed E-state index contributed by atoms with van der Waals surface area (Å²) in [5.41, 5.74) is -0.815. The van der Waals surface area contributed by atoms with Crippen molar-refractivity contribution in [1.82, 2.24) is 14.1 Å². The molecular formula is C12H13ClN4O2. The third kappa shape index (κ3) is 2.26. The van der Waals surface area contributed by atoms with E-state index in [4.69, 9.17) is 11.6 Å². The maximum absolute atomic E-state index is 12.3. The molecule has 1 aromatic carbocycles. The van der Waals surface area contributed by atoms with Gasteiger partial charge in [0.25, 0.3) is 0 Å². The van der Waals surface area contributed by atoms with Crippen LogP contribution in [0.3, 0.4) is 0 Å². The first kappa shape index (κ1) is 13.4. The molecule has 0 aliphatic heterocycles. The standard InChI is InChI=1S/C12H13ClN4O2/c1-15(2)10-14-11(18)17(12(19)16(10)3)9-7-5-4-6-8(9)13/h4-7H,1-3H3. The highest BCUT2D eigenvalue weighted by molar-refractivity contribution is 6.32. The monoisotopic (exact) mass is 280 g/mol. The fraction of sp³-hybridized carbons (Fsp3) is 0.250. The van der Waals surface area contributed by atoms with Crippen LogP contribution in [0, 0.1) is 0 Å². The summed E-state index contributed by atoms with van der Waals surface area (Å²) in [5, 5.41) is 0.320. The van der Waals surface area contributed by atoms with Crippen molar-refractivity contribution in [2.45, 2.75) is 0 Å². The number of benzene rings is 1. The minimum Gasteiger partial charge on any atom is -0.348 e. The van der Waals surface area contributed by atoms with E-state index in [-0.39, 0.29) is 0 Å². The lowest BCUT2D eigenvalue weighted by atomic mass is 10.3. The van der Waals surface area contributed by atoms with Crippen molar-refractivity contribution in [2.24, 2.45) is 7.05 Å². The van der Waals surface area contributed by atoms with Gasteiger partial charge in [-0.25, -0.2) is 14.2 Å². The highest BCUT2D eigenvalue weighted by Crippen LogP contribution is 2.16. The van der Waals surface area contributed by atoms with Gasteiger partial charge in [0.1, 0.15) is 0 Å². The largest absolute Gasteiger partial charge is 0.359 e. The van der Waals surface area contributed by atoms with Crippen LogP contribution >= 0.6 is 11.6 Å². The van der Waals surface area contributed by atoms with Gasteiger partial charge in [0.2, 0.25) is 5.95 Å². The minimum absolute atomic E-state index is 0.290. The molecule has 19 heavy (non-hydrogen) atoms. The molecule has 0 atom stereocenters. The molecule has 0 fully saturated rings. The van der Waals surface area contributed by atoms with Crippen LogP contribution in [0.5, 0.6) is 0 Å². The predicted octanol–water partition coefficient (Wildman–Crippen LogP) is 0.651. The summed E-state index contributed by atoms with van der Waals surface area (Å²) in [4.78, 5) is 29.8. The third-order valence-corrected chi connectivity index (χ3v) is 2.98. The van der Waals surface area contributed by atoms with Gasteiger partial charge in [0.05, 0.1) is 10.7 Å². The van der Waals surface area contributed by atoms with Gasteiger partial charge in [-0.05, 0) is 12.1 Å². The molecule has 0 N–H and O–H groups in total. The summed E-state index contributed by atoms with van der Waals surface area (Å²) < 4.78 is 2.25. The van der Waals surface area contributed by atoms with Crippen molar-refractivity contribution < 1.29 is 0 Å². The Morgan fingerprint density at radius 3 is 2.42 bits per heavy atom. The maximum atomic E-state index is 12.3. The Morgan fingerprint density at radius 2 is 1.84 bits per heavy atom. The molecule has 0 amide bonds. The molecule has 7 heteroatoms. The second kappa shape index (κ2) is 4.89. The van der Waals surface area contributed by atoms with Gasteiger partial charge in [-0.15, -0.1) is 0 Å². The average Bonchev–Trinajstić information content (AvgIpc) is 2.36. The van der Waals surface area contributed by atoms with Gasteiger partial charge in [-0.2, -0.15) is 4.98 Å². The molecular weight excluding hydrogens is 268 g/mol. The lowest BCUT2D eigenvalue weighted by molar-refractivity contribution is 0.683. The van der Waals surface area contributed by atoms with Crippen molar-refractivity contribution in [3.8, 4) is 5.69 Å². The van der Waals surface area contributed by atoms with E-state index in [1.165, 1.54) is 4.57 Å². The van der Waals surface area contributed by atoms with Gasteiger partial charge < -0.3 is 4.90 Å². The summed E-state index contributed by atoms with van der Waals surface area (Å²) in [7, 11) is 4.97. The van der Waals surface area contributed by atoms with Crippen LogP contribution in [0.2, 0.25) is 5.02 Å². The lowest BCUT2D eigenvalue weighted by Crippen LogP contribution is -2.42. The average molecular weight is 281 g/mol. The van der Waals surface area contributed by atoms with Gasteiger partial charge in [0.15, 0.2) is 0 Å². The number of aromatic nitrogens is 3. The van der Waals surface area contributed by atoms with Gasteiger partial charge in [-0.1, -0.05) is 23.7 Å². The summed E-state index contributed by atoms with van der Waals surface area (Å²) in [5.74, 6) is 0.290. The molecule has 2 aromatic rings. The number of halogens is 1. The smallest absolute Gasteiger partial charge is 0.348 e. The molecule has 0 aliphatic carbocycles. The van der Waals surface area contributed by atoms with Crippen LogP contribution in [0.25, 0.3) is 5.69 Å². The zero-order chi connectivity index (χ0) is 14.2. The van der Waals surface area contributed by atoms with Crippen LogP contribution in [0.1, 0.15) is 0 Å². The van der Waals surface area contributed by atoms with E-state index in [9.17, 15) is 9.59 Å². The first-order chi connectivity index (χ1) is 8.93. The van der Waals surface area contributed by atoms with Crippen LogP contribution < -0.4 is 16.3 Å². The lowest BCUT2D eigenvalue weighted by Gasteiger charge is -2.16. The zero-order valence-corrected chi connectivity index (χ0v) is 11.5. The Balaban J connectivity index is 2.82.